The van der Waals surface area contributed by atoms with Crippen LogP contribution in [0.25, 0.3) is 0 Å². The number of ether oxygens (including phenoxy) is 1. The van der Waals surface area contributed by atoms with Crippen LogP contribution < -0.4 is 0 Å². The van der Waals surface area contributed by atoms with E-state index in [4.69, 9.17) is 4.74 Å². The molecule has 7 atom stereocenters. The Morgan fingerprint density at radius 1 is 1.25 bits per heavy atom. The molecule has 1 fully saturated rings. The molecular weight excluding hydrogens is 412 g/mol. The van der Waals surface area contributed by atoms with Gasteiger partial charge in [0.1, 0.15) is 11.7 Å². The average Bonchev–Trinajstić information content (AvgIpc) is 2.75. The first-order chi connectivity index (χ1) is 15.3. The zero-order valence-electron chi connectivity index (χ0n) is 18.8. The molecule has 0 bridgehead atoms. The van der Waals surface area contributed by atoms with E-state index in [1.54, 1.807) is 12.2 Å². The molecule has 7 nitrogen and oxygen atoms in total. The first-order valence-electron chi connectivity index (χ1n) is 11.6. The normalized spacial score (nSPS) is 30.6. The second-order valence-electron chi connectivity index (χ2n) is 8.83. The predicted molar refractivity (Wildman–Crippen MR) is 121 cm³/mol. The number of cyclic esters (lactones) is 1. The van der Waals surface area contributed by atoms with Crippen LogP contribution in [-0.4, -0.2) is 68.1 Å². The van der Waals surface area contributed by atoms with Crippen LogP contribution >= 0.6 is 0 Å². The zero-order chi connectivity index (χ0) is 23.6. The van der Waals surface area contributed by atoms with Crippen molar-refractivity contribution in [2.24, 2.45) is 11.8 Å². The van der Waals surface area contributed by atoms with Gasteiger partial charge in [0.2, 0.25) is 0 Å². The van der Waals surface area contributed by atoms with Crippen molar-refractivity contribution < 1.29 is 35.1 Å². The lowest BCUT2D eigenvalue weighted by molar-refractivity contribution is -0.143. The van der Waals surface area contributed by atoms with E-state index in [9.17, 15) is 30.3 Å². The fourth-order valence-electron chi connectivity index (χ4n) is 4.23. The SMILES string of the molecule is CCC1C=CC(=O)OC1C=CC(O)(CCO)C(O)CC(O)C=CC=CC1CCCC(O)C1. The molecule has 1 saturated carbocycles. The maximum atomic E-state index is 11.6. The topological polar surface area (TPSA) is 127 Å². The van der Waals surface area contributed by atoms with Gasteiger partial charge in [-0.3, -0.25) is 0 Å². The maximum Gasteiger partial charge on any atom is 0.331 e. The van der Waals surface area contributed by atoms with Crippen LogP contribution in [0.1, 0.15) is 51.9 Å². The second kappa shape index (κ2) is 13.1. The lowest BCUT2D eigenvalue weighted by Crippen LogP contribution is -2.43. The predicted octanol–water partition coefficient (Wildman–Crippen LogP) is 1.94. The fourth-order valence-corrected chi connectivity index (χ4v) is 4.23. The number of carbonyl (C=O) groups is 1. The summed E-state index contributed by atoms with van der Waals surface area (Å²) >= 11 is 0. The summed E-state index contributed by atoms with van der Waals surface area (Å²) in [5.74, 6) is -0.182. The molecule has 0 radical (unpaired) electrons. The summed E-state index contributed by atoms with van der Waals surface area (Å²) in [6, 6.07) is 0. The Balaban J connectivity index is 1.94. The number of rotatable bonds is 11. The van der Waals surface area contributed by atoms with Crippen molar-refractivity contribution in [1.82, 2.24) is 0 Å². The van der Waals surface area contributed by atoms with E-state index in [0.29, 0.717) is 5.92 Å². The van der Waals surface area contributed by atoms with Gasteiger partial charge in [0, 0.05) is 31.4 Å². The zero-order valence-corrected chi connectivity index (χ0v) is 18.8. The summed E-state index contributed by atoms with van der Waals surface area (Å²) in [7, 11) is 0. The monoisotopic (exact) mass is 450 g/mol. The summed E-state index contributed by atoms with van der Waals surface area (Å²) in [6.45, 7) is 1.60. The molecule has 2 rings (SSSR count). The number of aliphatic hydroxyl groups excluding tert-OH is 4. The molecule has 0 amide bonds. The molecule has 7 heteroatoms. The van der Waals surface area contributed by atoms with Gasteiger partial charge in [-0.15, -0.1) is 0 Å². The lowest BCUT2D eigenvalue weighted by atomic mass is 9.86. The third kappa shape index (κ3) is 8.30. The van der Waals surface area contributed by atoms with E-state index in [1.807, 2.05) is 19.1 Å². The average molecular weight is 451 g/mol. The Kier molecular flexibility index (Phi) is 10.8. The van der Waals surface area contributed by atoms with Crippen LogP contribution in [0.5, 0.6) is 0 Å². The molecule has 1 aliphatic heterocycles. The number of hydrogen-bond acceptors (Lipinski definition) is 7. The maximum absolute atomic E-state index is 11.6. The Morgan fingerprint density at radius 3 is 2.72 bits per heavy atom. The Hall–Kier alpha value is -1.77. The van der Waals surface area contributed by atoms with Gasteiger partial charge in [0.15, 0.2) is 0 Å². The highest BCUT2D eigenvalue weighted by atomic mass is 16.5. The van der Waals surface area contributed by atoms with Crippen molar-refractivity contribution in [2.45, 2.75) is 81.9 Å². The lowest BCUT2D eigenvalue weighted by Gasteiger charge is -2.32. The Labute approximate surface area is 190 Å². The van der Waals surface area contributed by atoms with E-state index < -0.39 is 29.9 Å². The standard InChI is InChI=1S/C25H38O7/c1-2-19-10-11-24(30)32-22(19)12-13-25(31,14-15-26)23(29)17-21(28)8-4-3-6-18-7-5-9-20(27)16-18/h3-4,6,8,10-13,18-23,26-29,31H,2,5,7,9,14-17H2,1H3. The molecule has 0 saturated heterocycles. The van der Waals surface area contributed by atoms with E-state index >= 15 is 0 Å². The summed E-state index contributed by atoms with van der Waals surface area (Å²) in [6.07, 6.45) is 14.1. The van der Waals surface area contributed by atoms with Gasteiger partial charge in [-0.25, -0.2) is 4.79 Å². The van der Waals surface area contributed by atoms with E-state index in [1.165, 1.54) is 24.3 Å². The number of hydrogen-bond donors (Lipinski definition) is 5. The summed E-state index contributed by atoms with van der Waals surface area (Å²) in [5.41, 5.74) is -1.77. The van der Waals surface area contributed by atoms with Gasteiger partial charge in [-0.2, -0.15) is 0 Å². The van der Waals surface area contributed by atoms with Gasteiger partial charge in [-0.05, 0) is 37.7 Å². The molecule has 0 aromatic rings. The minimum atomic E-state index is -1.77. The molecule has 2 aliphatic rings. The molecule has 32 heavy (non-hydrogen) atoms. The van der Waals surface area contributed by atoms with Crippen molar-refractivity contribution in [3.8, 4) is 0 Å². The second-order valence-corrected chi connectivity index (χ2v) is 8.83. The van der Waals surface area contributed by atoms with E-state index in [2.05, 4.69) is 0 Å². The van der Waals surface area contributed by atoms with E-state index in [-0.39, 0.29) is 31.5 Å². The van der Waals surface area contributed by atoms with Gasteiger partial charge in [0.05, 0.1) is 18.3 Å². The van der Waals surface area contributed by atoms with Crippen LogP contribution in [0.2, 0.25) is 0 Å². The number of allylic oxidation sites excluding steroid dienone is 3. The van der Waals surface area contributed by atoms with Crippen molar-refractivity contribution in [3.05, 3.63) is 48.6 Å². The highest BCUT2D eigenvalue weighted by molar-refractivity contribution is 5.83. The molecule has 1 heterocycles. The van der Waals surface area contributed by atoms with E-state index in [0.717, 1.165) is 32.1 Å². The fraction of sp³-hybridized carbons (Fsp3) is 0.640. The highest BCUT2D eigenvalue weighted by Crippen LogP contribution is 2.26. The summed E-state index contributed by atoms with van der Waals surface area (Å²) in [5, 5.41) is 50.9. The van der Waals surface area contributed by atoms with Crippen molar-refractivity contribution in [3.63, 3.8) is 0 Å². The molecule has 1 aliphatic carbocycles. The third-order valence-electron chi connectivity index (χ3n) is 6.27. The van der Waals surface area contributed by atoms with Crippen molar-refractivity contribution in [2.75, 3.05) is 6.61 Å². The molecule has 0 spiro atoms. The molecule has 7 unspecified atom stereocenters. The van der Waals surface area contributed by atoms with Crippen LogP contribution in [0, 0.1) is 11.8 Å². The molecule has 5 N–H and O–H groups in total. The quantitative estimate of drug-likeness (QED) is 0.185. The van der Waals surface area contributed by atoms with Gasteiger partial charge >= 0.3 is 5.97 Å². The van der Waals surface area contributed by atoms with Crippen molar-refractivity contribution in [1.29, 1.82) is 0 Å². The third-order valence-corrected chi connectivity index (χ3v) is 6.27. The van der Waals surface area contributed by atoms with Gasteiger partial charge in [-0.1, -0.05) is 49.8 Å². The van der Waals surface area contributed by atoms with Gasteiger partial charge in [0.25, 0.3) is 0 Å². The van der Waals surface area contributed by atoms with Crippen LogP contribution in [0.15, 0.2) is 48.6 Å². The van der Waals surface area contributed by atoms with Crippen LogP contribution in [0.4, 0.5) is 0 Å². The minimum Gasteiger partial charge on any atom is -0.454 e. The van der Waals surface area contributed by atoms with Gasteiger partial charge < -0.3 is 30.3 Å². The molecule has 0 aromatic carbocycles. The van der Waals surface area contributed by atoms with Crippen LogP contribution in [0.3, 0.4) is 0 Å². The Morgan fingerprint density at radius 2 is 2.03 bits per heavy atom. The number of aliphatic hydroxyl groups is 5. The number of esters is 1. The minimum absolute atomic E-state index is 0.0370. The number of carbonyl (C=O) groups excluding carboxylic acids is 1. The molecule has 0 aromatic heterocycles. The molecular formula is C25H38O7. The van der Waals surface area contributed by atoms with Crippen LogP contribution in [-0.2, 0) is 9.53 Å². The summed E-state index contributed by atoms with van der Waals surface area (Å²) in [4.78, 5) is 11.6. The smallest absolute Gasteiger partial charge is 0.331 e. The highest BCUT2D eigenvalue weighted by Gasteiger charge is 2.34. The summed E-state index contributed by atoms with van der Waals surface area (Å²) < 4.78 is 5.29. The largest absolute Gasteiger partial charge is 0.454 e. The molecule has 180 valence electrons. The first-order valence-corrected chi connectivity index (χ1v) is 11.6. The van der Waals surface area contributed by atoms with Crippen molar-refractivity contribution >= 4 is 5.97 Å². The first kappa shape index (κ1) is 26.5. The Bertz CT molecular complexity index is 698.